The molecule has 5 nitrogen and oxygen atoms in total. The van der Waals surface area contributed by atoms with Crippen molar-refractivity contribution < 1.29 is 17.1 Å². The molecule has 0 aliphatic carbocycles. The van der Waals surface area contributed by atoms with Gasteiger partial charge in [0.1, 0.15) is 11.8 Å². The van der Waals surface area contributed by atoms with Crippen molar-refractivity contribution in [1.29, 1.82) is 0 Å². The average molecular weight is 339 g/mol. The maximum Gasteiger partial charge on any atom is 0.155 e. The summed E-state index contributed by atoms with van der Waals surface area (Å²) in [5, 5.41) is 10.2. The molecule has 0 saturated carbocycles. The molecule has 0 unspecified atom stereocenters. The van der Waals surface area contributed by atoms with Crippen LogP contribution < -0.4 is 5.32 Å². The van der Waals surface area contributed by atoms with Crippen LogP contribution in [0.25, 0.3) is 11.0 Å². The van der Waals surface area contributed by atoms with Crippen LogP contribution in [0.5, 0.6) is 0 Å². The number of hydrogen-bond acceptors (Lipinski definition) is 4. The van der Waals surface area contributed by atoms with Gasteiger partial charge in [-0.3, -0.25) is 5.10 Å². The molecule has 0 radical (unpaired) electrons. The van der Waals surface area contributed by atoms with Crippen LogP contribution in [-0.4, -0.2) is 20.2 Å². The molecule has 2 heterocycles. The van der Waals surface area contributed by atoms with Gasteiger partial charge in [-0.15, -0.1) is 6.54 Å². The van der Waals surface area contributed by atoms with E-state index in [2.05, 4.69) is 74.0 Å². The Morgan fingerprint density at radius 1 is 1.13 bits per heavy atom. The molecule has 2 aromatic heterocycles. The third-order valence-corrected chi connectivity index (χ3v) is 2.79. The van der Waals surface area contributed by atoms with Crippen molar-refractivity contribution in [3.63, 3.8) is 0 Å². The SMILES string of the molecule is Cc1[nH]nc2c(NC[c-]3[c-][c-][c-][c-]3)ncnc12.[Fe].[c-]1[c-][c-][cH-][c-]1. The van der Waals surface area contributed by atoms with Crippen LogP contribution >= 0.6 is 0 Å². The summed E-state index contributed by atoms with van der Waals surface area (Å²) in [5.74, 6) is 0.697. The van der Waals surface area contributed by atoms with Gasteiger partial charge in [0, 0.05) is 17.1 Å². The topological polar surface area (TPSA) is 66.5 Å². The molecule has 6 heteroatoms. The largest absolute Gasteiger partial charge is 0.999 e. The van der Waals surface area contributed by atoms with Gasteiger partial charge in [0.2, 0.25) is 0 Å². The van der Waals surface area contributed by atoms with Crippen LogP contribution in [0.2, 0.25) is 0 Å². The fourth-order valence-electron chi connectivity index (χ4n) is 1.77. The van der Waals surface area contributed by atoms with E-state index in [4.69, 9.17) is 0 Å². The first kappa shape index (κ1) is 16.9. The summed E-state index contributed by atoms with van der Waals surface area (Å²) in [5.41, 5.74) is 3.36. The Kier molecular flexibility index (Phi) is 6.09. The number of nitrogens with zero attached hydrogens (tertiary/aromatic N) is 3. The molecule has 4 aromatic rings. The summed E-state index contributed by atoms with van der Waals surface area (Å²) < 4.78 is 0. The summed E-state index contributed by atoms with van der Waals surface area (Å²) in [7, 11) is 0. The molecule has 0 aliphatic heterocycles. The predicted octanol–water partition coefficient (Wildman–Crippen LogP) is 1.80. The van der Waals surface area contributed by atoms with Gasteiger partial charge in [-0.05, 0) is 6.92 Å². The van der Waals surface area contributed by atoms with E-state index < -0.39 is 0 Å². The second-order valence-electron chi connectivity index (χ2n) is 4.28. The number of anilines is 1. The fraction of sp³-hybridized carbons (Fsp3) is 0.118. The molecular formula is C17H9FeN5-10. The van der Waals surface area contributed by atoms with Crippen molar-refractivity contribution in [1.82, 2.24) is 20.2 Å². The van der Waals surface area contributed by atoms with Crippen LogP contribution in [-0.2, 0) is 23.6 Å². The van der Waals surface area contributed by atoms with E-state index in [0.717, 1.165) is 22.3 Å². The number of nitrogens with one attached hydrogen (secondary N) is 2. The second kappa shape index (κ2) is 8.27. The predicted molar refractivity (Wildman–Crippen MR) is 78.5 cm³/mol. The van der Waals surface area contributed by atoms with E-state index in [1.54, 1.807) is 6.07 Å². The van der Waals surface area contributed by atoms with Crippen LogP contribution in [0, 0.1) is 55.5 Å². The maximum absolute atomic E-state index is 4.17. The minimum atomic E-state index is 0. The molecule has 2 aromatic carbocycles. The Bertz CT molecular complexity index is 786. The van der Waals surface area contributed by atoms with Gasteiger partial charge in [0.25, 0.3) is 0 Å². The van der Waals surface area contributed by atoms with Crippen LogP contribution in [0.4, 0.5) is 5.82 Å². The third kappa shape index (κ3) is 4.28. The van der Waals surface area contributed by atoms with Crippen LogP contribution in [0.1, 0.15) is 11.3 Å². The van der Waals surface area contributed by atoms with Crippen LogP contribution in [0.3, 0.4) is 0 Å². The first-order valence-corrected chi connectivity index (χ1v) is 6.45. The van der Waals surface area contributed by atoms with Crippen molar-refractivity contribution in [3.05, 3.63) is 72.2 Å². The number of rotatable bonds is 3. The van der Waals surface area contributed by atoms with Gasteiger partial charge in [-0.2, -0.15) is 5.10 Å². The molecule has 0 fully saturated rings. The molecule has 0 amide bonds. The number of fused-ring (bicyclic) bond motifs is 1. The molecule has 0 atom stereocenters. The summed E-state index contributed by atoms with van der Waals surface area (Å²) in [6.07, 6.45) is 1.52. The molecule has 0 aliphatic rings. The van der Waals surface area contributed by atoms with Gasteiger partial charge < -0.3 is 65.5 Å². The zero-order valence-electron chi connectivity index (χ0n) is 12.1. The van der Waals surface area contributed by atoms with Gasteiger partial charge in [0.15, 0.2) is 11.3 Å². The standard InChI is InChI=1S/C12H8N5.C5H.Fe/c1-8-10-11(17-16-8)12(15-7-14-10)13-6-9-4-2-3-5-9;1-2-4-5-3-1;/h7H,6H2,1H3,(H,16,17)(H,13,14,15);1H;/q2*-5;. The van der Waals surface area contributed by atoms with E-state index in [-0.39, 0.29) is 17.1 Å². The summed E-state index contributed by atoms with van der Waals surface area (Å²) in [6, 6.07) is 23.2. The van der Waals surface area contributed by atoms with Crippen molar-refractivity contribution in [3.8, 4) is 0 Å². The molecule has 0 saturated heterocycles. The molecule has 2 N–H and O–H groups in total. The second-order valence-corrected chi connectivity index (χ2v) is 4.28. The number of aromatic amines is 1. The van der Waals surface area contributed by atoms with E-state index in [1.807, 2.05) is 6.92 Å². The molecule has 0 bridgehead atoms. The van der Waals surface area contributed by atoms with Crippen molar-refractivity contribution in [2.24, 2.45) is 0 Å². The summed E-state index contributed by atoms with van der Waals surface area (Å²) in [6.45, 7) is 2.49. The zero-order chi connectivity index (χ0) is 15.2. The Hall–Kier alpha value is -2.43. The van der Waals surface area contributed by atoms with Gasteiger partial charge in [-0.1, -0.05) is 0 Å². The Balaban J connectivity index is 0.000000276. The Labute approximate surface area is 145 Å². The molecule has 23 heavy (non-hydrogen) atoms. The Morgan fingerprint density at radius 2 is 1.87 bits per heavy atom. The minimum Gasteiger partial charge on any atom is -0.999 e. The van der Waals surface area contributed by atoms with E-state index in [1.165, 1.54) is 6.33 Å². The third-order valence-electron chi connectivity index (χ3n) is 2.79. The summed E-state index contributed by atoms with van der Waals surface area (Å²) in [4.78, 5) is 8.34. The van der Waals surface area contributed by atoms with Gasteiger partial charge in [0.05, 0.1) is 5.69 Å². The monoisotopic (exact) mass is 339 g/mol. The number of aromatic nitrogens is 4. The maximum atomic E-state index is 4.17. The first-order valence-electron chi connectivity index (χ1n) is 6.45. The van der Waals surface area contributed by atoms with E-state index in [9.17, 15) is 0 Å². The smallest absolute Gasteiger partial charge is 0.155 e. The Morgan fingerprint density at radius 3 is 2.52 bits per heavy atom. The van der Waals surface area contributed by atoms with Crippen molar-refractivity contribution in [2.75, 3.05) is 5.32 Å². The molecular weight excluding hydrogens is 330 g/mol. The minimum absolute atomic E-state index is 0. The number of aryl methyl sites for hydroxylation is 1. The quantitative estimate of drug-likeness (QED) is 0.441. The van der Waals surface area contributed by atoms with Crippen LogP contribution in [0.15, 0.2) is 12.4 Å². The number of hydrogen-bond donors (Lipinski definition) is 2. The van der Waals surface area contributed by atoms with Crippen molar-refractivity contribution >= 4 is 16.9 Å². The average Bonchev–Trinajstić information content (AvgIpc) is 3.30. The molecule has 4 rings (SSSR count). The summed E-state index contributed by atoms with van der Waals surface area (Å²) >= 11 is 0. The fourth-order valence-corrected chi connectivity index (χ4v) is 1.77. The first-order chi connectivity index (χ1) is 10.8. The molecule has 120 valence electrons. The number of H-pyrrole nitrogens is 1. The van der Waals surface area contributed by atoms with E-state index >= 15 is 0 Å². The normalized spacial score (nSPS) is 9.78. The van der Waals surface area contributed by atoms with E-state index in [0.29, 0.717) is 12.4 Å². The van der Waals surface area contributed by atoms with Gasteiger partial charge in [-0.25, -0.2) is 9.97 Å². The zero-order valence-corrected chi connectivity index (χ0v) is 13.2. The molecule has 0 spiro atoms. The van der Waals surface area contributed by atoms with Gasteiger partial charge >= 0.3 is 0 Å². The van der Waals surface area contributed by atoms with Crippen molar-refractivity contribution in [2.45, 2.75) is 13.5 Å².